The van der Waals surface area contributed by atoms with E-state index in [0.717, 1.165) is 43.8 Å². The minimum Gasteiger partial charge on any atom is -0.495 e. The van der Waals surface area contributed by atoms with E-state index in [9.17, 15) is 4.79 Å². The van der Waals surface area contributed by atoms with Crippen molar-refractivity contribution in [1.82, 2.24) is 5.32 Å². The molecule has 1 atom stereocenters. The molecule has 1 aliphatic heterocycles. The molecule has 0 radical (unpaired) electrons. The molecule has 114 valence electrons. The monoisotopic (exact) mass is 289 g/mol. The number of carbonyl (C=O) groups is 1. The Morgan fingerprint density at radius 3 is 2.95 bits per heavy atom. The van der Waals surface area contributed by atoms with Crippen LogP contribution in [0.25, 0.3) is 0 Å². The lowest BCUT2D eigenvalue weighted by Crippen LogP contribution is -2.44. The molecule has 3 rings (SSSR count). The summed E-state index contributed by atoms with van der Waals surface area (Å²) in [4.78, 5) is 14.2. The molecule has 3 N–H and O–H groups in total. The summed E-state index contributed by atoms with van der Waals surface area (Å²) in [5.41, 5.74) is 6.45. The van der Waals surface area contributed by atoms with Gasteiger partial charge in [0.15, 0.2) is 0 Å². The van der Waals surface area contributed by atoms with Crippen LogP contribution in [0.2, 0.25) is 0 Å². The fourth-order valence-electron chi connectivity index (χ4n) is 2.88. The van der Waals surface area contributed by atoms with Gasteiger partial charge in [0.2, 0.25) is 5.91 Å². The first-order chi connectivity index (χ1) is 10.1. The number of hydrogen-bond donors (Lipinski definition) is 2. The highest BCUT2D eigenvalue weighted by Gasteiger charge is 2.45. The van der Waals surface area contributed by atoms with Gasteiger partial charge in [0.25, 0.3) is 0 Å². The van der Waals surface area contributed by atoms with Crippen molar-refractivity contribution in [1.29, 1.82) is 0 Å². The predicted octanol–water partition coefficient (Wildman–Crippen LogP) is 1.13. The predicted molar refractivity (Wildman–Crippen MR) is 82.5 cm³/mol. The number of para-hydroxylation sites is 2. The zero-order valence-electron chi connectivity index (χ0n) is 12.5. The average Bonchev–Trinajstić information content (AvgIpc) is 3.10. The van der Waals surface area contributed by atoms with Crippen molar-refractivity contribution in [2.75, 3.05) is 31.6 Å². The average molecular weight is 289 g/mol. The molecule has 21 heavy (non-hydrogen) atoms. The second kappa shape index (κ2) is 5.56. The maximum absolute atomic E-state index is 11.9. The van der Waals surface area contributed by atoms with Crippen molar-refractivity contribution >= 4 is 11.6 Å². The number of methoxy groups -OCH3 is 1. The first-order valence-electron chi connectivity index (χ1n) is 7.57. The van der Waals surface area contributed by atoms with Gasteiger partial charge < -0.3 is 20.7 Å². The molecule has 1 aromatic rings. The number of amides is 1. The van der Waals surface area contributed by atoms with Crippen LogP contribution >= 0.6 is 0 Å². The number of nitrogens with two attached hydrogens (primary N) is 1. The maximum Gasteiger partial charge on any atom is 0.240 e. The number of hydrogen-bond acceptors (Lipinski definition) is 4. The van der Waals surface area contributed by atoms with E-state index in [1.807, 2.05) is 18.2 Å². The zero-order chi connectivity index (χ0) is 14.9. The minimum absolute atomic E-state index is 0.0123. The van der Waals surface area contributed by atoms with Crippen LogP contribution in [0.5, 0.6) is 5.75 Å². The molecule has 0 spiro atoms. The summed E-state index contributed by atoms with van der Waals surface area (Å²) >= 11 is 0. The molecule has 1 heterocycles. The van der Waals surface area contributed by atoms with Gasteiger partial charge in [-0.1, -0.05) is 12.1 Å². The van der Waals surface area contributed by atoms with Crippen LogP contribution in [0.3, 0.4) is 0 Å². The Morgan fingerprint density at radius 1 is 1.48 bits per heavy atom. The molecule has 1 aliphatic carbocycles. The summed E-state index contributed by atoms with van der Waals surface area (Å²) in [5, 5.41) is 3.01. The lowest BCUT2D eigenvalue weighted by Gasteiger charge is -2.21. The fourth-order valence-corrected chi connectivity index (χ4v) is 2.88. The molecule has 1 aromatic carbocycles. The quantitative estimate of drug-likeness (QED) is 0.852. The molecule has 0 aromatic heterocycles. The highest BCUT2D eigenvalue weighted by Crippen LogP contribution is 2.33. The summed E-state index contributed by atoms with van der Waals surface area (Å²) in [6, 6.07) is 8.07. The number of anilines is 1. The Hall–Kier alpha value is -1.75. The number of nitrogens with one attached hydrogen (secondary N) is 1. The molecular formula is C16H23N3O2. The Balaban J connectivity index is 1.54. The van der Waals surface area contributed by atoms with E-state index in [4.69, 9.17) is 10.5 Å². The molecule has 1 unspecified atom stereocenters. The molecule has 5 heteroatoms. The Labute approximate surface area is 125 Å². The first kappa shape index (κ1) is 14.2. The van der Waals surface area contributed by atoms with Crippen molar-refractivity contribution < 1.29 is 9.53 Å². The summed E-state index contributed by atoms with van der Waals surface area (Å²) in [5.74, 6) is 1.39. The van der Waals surface area contributed by atoms with E-state index in [0.29, 0.717) is 12.5 Å². The molecular weight excluding hydrogens is 266 g/mol. The minimum atomic E-state index is -0.569. The highest BCUT2D eigenvalue weighted by atomic mass is 16.5. The zero-order valence-corrected chi connectivity index (χ0v) is 12.5. The van der Waals surface area contributed by atoms with Crippen molar-refractivity contribution in [2.45, 2.75) is 24.8 Å². The van der Waals surface area contributed by atoms with Gasteiger partial charge in [-0.3, -0.25) is 4.79 Å². The second-order valence-corrected chi connectivity index (χ2v) is 6.14. The number of ether oxygens (including phenoxy) is 1. The van der Waals surface area contributed by atoms with Gasteiger partial charge in [-0.05, 0) is 37.3 Å². The Kier molecular flexibility index (Phi) is 3.76. The molecule has 0 bridgehead atoms. The van der Waals surface area contributed by atoms with Crippen LogP contribution in [0, 0.1) is 5.92 Å². The first-order valence-corrected chi connectivity index (χ1v) is 7.57. The normalized spacial score (nSPS) is 23.0. The molecule has 1 saturated heterocycles. The fraction of sp³-hybridized carbons (Fsp3) is 0.562. The van der Waals surface area contributed by atoms with E-state index in [-0.39, 0.29) is 5.91 Å². The van der Waals surface area contributed by atoms with Crippen LogP contribution < -0.4 is 20.7 Å². The van der Waals surface area contributed by atoms with Crippen LogP contribution in [0.4, 0.5) is 5.69 Å². The van der Waals surface area contributed by atoms with Crippen LogP contribution in [-0.4, -0.2) is 38.2 Å². The van der Waals surface area contributed by atoms with Crippen LogP contribution in [-0.2, 0) is 4.79 Å². The second-order valence-electron chi connectivity index (χ2n) is 6.14. The molecule has 5 nitrogen and oxygen atoms in total. The third-order valence-corrected chi connectivity index (χ3v) is 4.50. The van der Waals surface area contributed by atoms with E-state index in [1.54, 1.807) is 7.11 Å². The number of benzene rings is 1. The Bertz CT molecular complexity index is 528. The van der Waals surface area contributed by atoms with E-state index < -0.39 is 5.54 Å². The molecule has 2 fully saturated rings. The SMILES string of the molecule is COc1ccccc1N1CCC(CNC(=O)C2(N)CC2)C1. The molecule has 1 amide bonds. The van der Waals surface area contributed by atoms with Crippen molar-refractivity contribution in [2.24, 2.45) is 11.7 Å². The van der Waals surface area contributed by atoms with Crippen LogP contribution in [0.1, 0.15) is 19.3 Å². The van der Waals surface area contributed by atoms with Gasteiger partial charge in [-0.15, -0.1) is 0 Å². The van der Waals surface area contributed by atoms with Gasteiger partial charge in [-0.2, -0.15) is 0 Å². The maximum atomic E-state index is 11.9. The number of rotatable bonds is 5. The van der Waals surface area contributed by atoms with Crippen LogP contribution in [0.15, 0.2) is 24.3 Å². The summed E-state index contributed by atoms with van der Waals surface area (Å²) in [6.45, 7) is 2.65. The summed E-state index contributed by atoms with van der Waals surface area (Å²) in [7, 11) is 1.70. The van der Waals surface area contributed by atoms with Crippen molar-refractivity contribution in [3.05, 3.63) is 24.3 Å². The number of nitrogens with zero attached hydrogens (tertiary/aromatic N) is 1. The standard InChI is InChI=1S/C16H23N3O2/c1-21-14-5-3-2-4-13(14)19-9-6-12(11-19)10-18-15(20)16(17)7-8-16/h2-5,12H,6-11,17H2,1H3,(H,18,20). The third kappa shape index (κ3) is 2.97. The van der Waals surface area contributed by atoms with E-state index >= 15 is 0 Å². The van der Waals surface area contributed by atoms with Gasteiger partial charge in [-0.25, -0.2) is 0 Å². The van der Waals surface area contributed by atoms with Gasteiger partial charge >= 0.3 is 0 Å². The largest absolute Gasteiger partial charge is 0.495 e. The third-order valence-electron chi connectivity index (χ3n) is 4.50. The van der Waals surface area contributed by atoms with Crippen molar-refractivity contribution in [3.8, 4) is 5.75 Å². The van der Waals surface area contributed by atoms with E-state index in [1.165, 1.54) is 0 Å². The van der Waals surface area contributed by atoms with Gasteiger partial charge in [0, 0.05) is 19.6 Å². The highest BCUT2D eigenvalue weighted by molar-refractivity contribution is 5.88. The lowest BCUT2D eigenvalue weighted by atomic mass is 10.1. The van der Waals surface area contributed by atoms with Crippen molar-refractivity contribution in [3.63, 3.8) is 0 Å². The van der Waals surface area contributed by atoms with Gasteiger partial charge in [0.05, 0.1) is 18.3 Å². The Morgan fingerprint density at radius 2 is 2.24 bits per heavy atom. The molecule has 2 aliphatic rings. The molecule has 1 saturated carbocycles. The summed E-state index contributed by atoms with van der Waals surface area (Å²) < 4.78 is 5.42. The summed E-state index contributed by atoms with van der Waals surface area (Å²) in [6.07, 6.45) is 2.71. The van der Waals surface area contributed by atoms with E-state index in [2.05, 4.69) is 16.3 Å². The lowest BCUT2D eigenvalue weighted by molar-refractivity contribution is -0.123. The topological polar surface area (TPSA) is 67.6 Å². The number of carbonyl (C=O) groups excluding carboxylic acids is 1. The smallest absolute Gasteiger partial charge is 0.240 e. The van der Waals surface area contributed by atoms with Gasteiger partial charge in [0.1, 0.15) is 5.75 Å².